The fourth-order valence-corrected chi connectivity index (χ4v) is 3.65. The molecule has 0 aromatic rings. The zero-order valence-electron chi connectivity index (χ0n) is 23.6. The van der Waals surface area contributed by atoms with E-state index in [-0.39, 0.29) is 13.2 Å². The molecule has 0 aliphatic carbocycles. The van der Waals surface area contributed by atoms with E-state index in [9.17, 15) is 4.79 Å². The van der Waals surface area contributed by atoms with Crippen LogP contribution in [0, 0.1) is 16.7 Å². The minimum absolute atomic E-state index is 0.141. The van der Waals surface area contributed by atoms with Gasteiger partial charge in [-0.3, -0.25) is 4.79 Å². The van der Waals surface area contributed by atoms with Crippen LogP contribution in [0.4, 0.5) is 0 Å². The van der Waals surface area contributed by atoms with Gasteiger partial charge in [-0.05, 0) is 12.3 Å². The Hall–Kier alpha value is -0.810. The van der Waals surface area contributed by atoms with Gasteiger partial charge < -0.3 is 40.5 Å². The Bertz CT molecular complexity index is 456. The summed E-state index contributed by atoms with van der Waals surface area (Å²) in [5.41, 5.74) is -2.32. The lowest BCUT2D eigenvalue weighted by Crippen LogP contribution is -2.43. The van der Waals surface area contributed by atoms with Gasteiger partial charge in [0.05, 0.1) is 63.7 Å². The van der Waals surface area contributed by atoms with Crippen LogP contribution in [0.5, 0.6) is 0 Å². The first kappa shape index (κ1) is 38.3. The van der Waals surface area contributed by atoms with Gasteiger partial charge in [-0.1, -0.05) is 90.9 Å². The molecule has 9 nitrogen and oxygen atoms in total. The topological polar surface area (TPSA) is 168 Å². The third kappa shape index (κ3) is 21.8. The highest BCUT2D eigenvalue weighted by Crippen LogP contribution is 2.20. The van der Waals surface area contributed by atoms with Crippen molar-refractivity contribution in [3.05, 3.63) is 0 Å². The molecule has 0 amide bonds. The van der Waals surface area contributed by atoms with E-state index in [1.165, 1.54) is 70.6 Å². The highest BCUT2D eigenvalue weighted by atomic mass is 16.5. The van der Waals surface area contributed by atoms with E-state index in [1.807, 2.05) is 0 Å². The largest absolute Gasteiger partial charge is 0.481 e. The molecule has 0 bridgehead atoms. The van der Waals surface area contributed by atoms with Gasteiger partial charge in [-0.15, -0.1) is 0 Å². The van der Waals surface area contributed by atoms with Crippen molar-refractivity contribution in [2.75, 3.05) is 52.9 Å². The summed E-state index contributed by atoms with van der Waals surface area (Å²) >= 11 is 0. The van der Waals surface area contributed by atoms with E-state index >= 15 is 0 Å². The van der Waals surface area contributed by atoms with Crippen molar-refractivity contribution in [2.24, 2.45) is 16.7 Å². The minimum atomic E-state index is -1.16. The number of ether oxygens (including phenoxy) is 1. The molecule has 0 atom stereocenters. The Balaban J connectivity index is 0. The first-order valence-corrected chi connectivity index (χ1v) is 14.1. The lowest BCUT2D eigenvalue weighted by Gasteiger charge is -2.31. The maximum Gasteiger partial charge on any atom is 0.303 e. The second-order valence-electron chi connectivity index (χ2n) is 11.0. The van der Waals surface area contributed by atoms with Gasteiger partial charge in [0.1, 0.15) is 0 Å². The van der Waals surface area contributed by atoms with Crippen molar-refractivity contribution >= 4 is 5.97 Å². The van der Waals surface area contributed by atoms with Crippen LogP contribution < -0.4 is 0 Å². The molecule has 0 saturated carbocycles. The third-order valence-corrected chi connectivity index (χ3v) is 6.75. The van der Waals surface area contributed by atoms with Crippen LogP contribution in [0.3, 0.4) is 0 Å². The number of unbranched alkanes of at least 4 members (excludes halogenated alkanes) is 11. The number of carbonyl (C=O) groups is 1. The van der Waals surface area contributed by atoms with Crippen LogP contribution in [0.25, 0.3) is 0 Å². The molecule has 224 valence electrons. The van der Waals surface area contributed by atoms with Gasteiger partial charge in [0, 0.05) is 6.42 Å². The molecule has 0 aromatic carbocycles. The number of aliphatic hydroxyl groups excluding tert-OH is 6. The lowest BCUT2D eigenvalue weighted by atomic mass is 9.91. The SMILES string of the molecule is CC(C)CCCCCCCCCCCCCCC(=O)O.OCC(CO)(CO)COCC(CO)(CO)CO. The fraction of sp³-hybridized carbons (Fsp3) is 0.964. The highest BCUT2D eigenvalue weighted by molar-refractivity contribution is 5.66. The number of hydrogen-bond donors (Lipinski definition) is 7. The predicted octanol–water partition coefficient (Wildman–Crippen LogP) is 3.12. The monoisotopic (exact) mass is 538 g/mol. The first-order valence-electron chi connectivity index (χ1n) is 14.1. The van der Waals surface area contributed by atoms with Crippen LogP contribution in [0.1, 0.15) is 104 Å². The maximum absolute atomic E-state index is 10.3. The van der Waals surface area contributed by atoms with Crippen molar-refractivity contribution < 1.29 is 45.3 Å². The molecule has 0 heterocycles. The zero-order chi connectivity index (χ0) is 28.4. The van der Waals surface area contributed by atoms with Gasteiger partial charge >= 0.3 is 5.97 Å². The molecule has 0 spiro atoms. The van der Waals surface area contributed by atoms with E-state index in [1.54, 1.807) is 0 Å². The van der Waals surface area contributed by atoms with E-state index in [4.69, 9.17) is 40.5 Å². The molecule has 0 rings (SSSR count). The summed E-state index contributed by atoms with van der Waals surface area (Å²) in [7, 11) is 0. The standard InChI is InChI=1S/C18H36O2.C10H22O7/c1-17(2)15-13-11-9-7-5-3-4-6-8-10-12-14-16-18(19)20;11-1-9(2-12,3-13)7-17-8-10(4-14,5-15)6-16/h17H,3-16H2,1-2H3,(H,19,20);11-16H,1-8H2. The summed E-state index contributed by atoms with van der Waals surface area (Å²) < 4.78 is 5.15. The van der Waals surface area contributed by atoms with Crippen LogP contribution >= 0.6 is 0 Å². The number of carboxylic acids is 1. The van der Waals surface area contributed by atoms with Crippen LogP contribution in [0.2, 0.25) is 0 Å². The van der Waals surface area contributed by atoms with E-state index in [0.717, 1.165) is 18.8 Å². The van der Waals surface area contributed by atoms with Gasteiger partial charge in [-0.2, -0.15) is 0 Å². The lowest BCUT2D eigenvalue weighted by molar-refractivity contribution is -0.137. The molecule has 0 radical (unpaired) electrons. The number of aliphatic carboxylic acids is 1. The molecular weight excluding hydrogens is 480 g/mol. The van der Waals surface area contributed by atoms with Crippen LogP contribution in [-0.2, 0) is 9.53 Å². The van der Waals surface area contributed by atoms with E-state index < -0.39 is 56.4 Å². The molecule has 9 heteroatoms. The molecule has 0 aliphatic rings. The third-order valence-electron chi connectivity index (χ3n) is 6.75. The number of carboxylic acid groups (broad SMARTS) is 1. The van der Waals surface area contributed by atoms with Gasteiger partial charge in [0.2, 0.25) is 0 Å². The summed E-state index contributed by atoms with van der Waals surface area (Å²) in [6.45, 7) is 1.61. The number of rotatable bonds is 25. The van der Waals surface area contributed by atoms with Gasteiger partial charge in [0.25, 0.3) is 0 Å². The van der Waals surface area contributed by atoms with E-state index in [0.29, 0.717) is 6.42 Å². The number of aliphatic hydroxyl groups is 6. The summed E-state index contributed by atoms with van der Waals surface area (Å²) in [5, 5.41) is 62.7. The summed E-state index contributed by atoms with van der Waals surface area (Å²) in [6.07, 6.45) is 17.3. The molecular formula is C28H58O9. The fourth-order valence-electron chi connectivity index (χ4n) is 3.65. The average Bonchev–Trinajstić information content (AvgIpc) is 2.90. The summed E-state index contributed by atoms with van der Waals surface area (Å²) in [4.78, 5) is 10.3. The Morgan fingerprint density at radius 1 is 0.568 bits per heavy atom. The van der Waals surface area contributed by atoms with Crippen LogP contribution in [-0.4, -0.2) is 94.6 Å². The Morgan fingerprint density at radius 3 is 1.14 bits per heavy atom. The van der Waals surface area contributed by atoms with Gasteiger partial charge in [-0.25, -0.2) is 0 Å². The van der Waals surface area contributed by atoms with Crippen LogP contribution in [0.15, 0.2) is 0 Å². The number of hydrogen-bond acceptors (Lipinski definition) is 8. The minimum Gasteiger partial charge on any atom is -0.481 e. The molecule has 0 aliphatic heterocycles. The Kier molecular flexibility index (Phi) is 26.4. The average molecular weight is 539 g/mol. The molecule has 0 unspecified atom stereocenters. The Labute approximate surface area is 224 Å². The van der Waals surface area contributed by atoms with Crippen molar-refractivity contribution in [3.63, 3.8) is 0 Å². The Morgan fingerprint density at radius 2 is 0.865 bits per heavy atom. The molecule has 0 fully saturated rings. The van der Waals surface area contributed by atoms with Crippen molar-refractivity contribution in [2.45, 2.75) is 104 Å². The highest BCUT2D eigenvalue weighted by Gasteiger charge is 2.32. The van der Waals surface area contributed by atoms with Gasteiger partial charge in [0.15, 0.2) is 0 Å². The molecule has 37 heavy (non-hydrogen) atoms. The molecule has 0 saturated heterocycles. The smallest absolute Gasteiger partial charge is 0.303 e. The first-order chi connectivity index (χ1) is 17.7. The van der Waals surface area contributed by atoms with Crippen molar-refractivity contribution in [1.29, 1.82) is 0 Å². The quantitative estimate of drug-likeness (QED) is 0.0864. The van der Waals surface area contributed by atoms with Crippen molar-refractivity contribution in [3.8, 4) is 0 Å². The molecule has 0 aromatic heterocycles. The second kappa shape index (κ2) is 25.5. The maximum atomic E-state index is 10.3. The van der Waals surface area contributed by atoms with Crippen molar-refractivity contribution in [1.82, 2.24) is 0 Å². The summed E-state index contributed by atoms with van der Waals surface area (Å²) in [5.74, 6) is 0.212. The zero-order valence-corrected chi connectivity index (χ0v) is 23.6. The van der Waals surface area contributed by atoms with E-state index in [2.05, 4.69) is 13.8 Å². The summed E-state index contributed by atoms with van der Waals surface area (Å²) in [6, 6.07) is 0. The second-order valence-corrected chi connectivity index (χ2v) is 11.0. The normalized spacial score (nSPS) is 12.0. The predicted molar refractivity (Wildman–Crippen MR) is 145 cm³/mol. The molecule has 7 N–H and O–H groups in total.